The number of rotatable bonds is 5. The molecule has 5 nitrogen and oxygen atoms in total. The molecule has 0 bridgehead atoms. The molecule has 0 radical (unpaired) electrons. The molecule has 1 fully saturated rings. The van der Waals surface area contributed by atoms with Crippen molar-refractivity contribution in [1.29, 1.82) is 0 Å². The van der Waals surface area contributed by atoms with Gasteiger partial charge in [0.25, 0.3) is 11.8 Å². The van der Waals surface area contributed by atoms with Crippen molar-refractivity contribution in [3.63, 3.8) is 0 Å². The van der Waals surface area contributed by atoms with E-state index in [4.69, 9.17) is 4.74 Å². The fourth-order valence-corrected chi connectivity index (χ4v) is 3.84. The van der Waals surface area contributed by atoms with Crippen LogP contribution in [0.3, 0.4) is 0 Å². The number of carbonyl (C=O) groups is 2. The Morgan fingerprint density at radius 3 is 2.54 bits per heavy atom. The second-order valence-electron chi connectivity index (χ2n) is 7.26. The van der Waals surface area contributed by atoms with E-state index in [0.717, 1.165) is 37.1 Å². The predicted molar refractivity (Wildman–Crippen MR) is 103 cm³/mol. The molecule has 0 atom stereocenters. The van der Waals surface area contributed by atoms with E-state index in [1.165, 1.54) is 12.1 Å². The summed E-state index contributed by atoms with van der Waals surface area (Å²) >= 11 is 0. The number of nitrogens with zero attached hydrogens (tertiary/aromatic N) is 2. The Hall–Kier alpha value is -2.89. The summed E-state index contributed by atoms with van der Waals surface area (Å²) in [6, 6.07) is 11.6. The standard InChI is InChI=1S/C22H23FN2O3/c23-17-8-6-16(7-9-17)14-25-13-10-18-19(22(25)27)4-3-5-20(18)28-15-21(26)24-11-1-2-12-24/h3-9H,1-2,10-15H2. The summed E-state index contributed by atoms with van der Waals surface area (Å²) in [7, 11) is 0. The van der Waals surface area contributed by atoms with E-state index in [-0.39, 0.29) is 24.2 Å². The first-order chi connectivity index (χ1) is 13.6. The molecule has 0 aromatic heterocycles. The number of likely N-dealkylation sites (tertiary alicyclic amines) is 1. The van der Waals surface area contributed by atoms with Gasteiger partial charge in [0.15, 0.2) is 6.61 Å². The van der Waals surface area contributed by atoms with Gasteiger partial charge in [-0.05, 0) is 49.1 Å². The summed E-state index contributed by atoms with van der Waals surface area (Å²) < 4.78 is 18.9. The summed E-state index contributed by atoms with van der Waals surface area (Å²) in [6.45, 7) is 2.60. The maximum Gasteiger partial charge on any atom is 0.260 e. The number of amides is 2. The van der Waals surface area contributed by atoms with Gasteiger partial charge in [-0.2, -0.15) is 0 Å². The minimum atomic E-state index is -0.288. The molecule has 28 heavy (non-hydrogen) atoms. The molecule has 0 unspecified atom stereocenters. The van der Waals surface area contributed by atoms with Crippen molar-refractivity contribution in [3.05, 3.63) is 65.0 Å². The van der Waals surface area contributed by atoms with Crippen molar-refractivity contribution in [2.75, 3.05) is 26.2 Å². The van der Waals surface area contributed by atoms with Gasteiger partial charge in [0.2, 0.25) is 0 Å². The zero-order valence-corrected chi connectivity index (χ0v) is 15.7. The molecule has 2 aromatic rings. The number of carbonyl (C=O) groups excluding carboxylic acids is 2. The monoisotopic (exact) mass is 382 g/mol. The molecular weight excluding hydrogens is 359 g/mol. The SMILES string of the molecule is O=C(COc1cccc2c1CCN(Cc1ccc(F)cc1)C2=O)N1CCCC1. The molecule has 2 amide bonds. The number of ether oxygens (including phenoxy) is 1. The lowest BCUT2D eigenvalue weighted by molar-refractivity contribution is -0.132. The van der Waals surface area contributed by atoms with E-state index in [1.54, 1.807) is 29.2 Å². The van der Waals surface area contributed by atoms with Crippen LogP contribution in [0.2, 0.25) is 0 Å². The number of hydrogen-bond donors (Lipinski definition) is 0. The predicted octanol–water partition coefficient (Wildman–Crippen LogP) is 3.03. The molecule has 2 heterocycles. The molecule has 2 aliphatic heterocycles. The minimum absolute atomic E-state index is 0.00391. The number of halogens is 1. The molecule has 0 saturated carbocycles. The first-order valence-electron chi connectivity index (χ1n) is 9.68. The van der Waals surface area contributed by atoms with Gasteiger partial charge < -0.3 is 14.5 Å². The average molecular weight is 382 g/mol. The van der Waals surface area contributed by atoms with Crippen LogP contribution in [0.15, 0.2) is 42.5 Å². The van der Waals surface area contributed by atoms with Gasteiger partial charge in [0.05, 0.1) is 0 Å². The fourth-order valence-electron chi connectivity index (χ4n) is 3.84. The molecule has 2 aromatic carbocycles. The largest absolute Gasteiger partial charge is 0.483 e. The third-order valence-corrected chi connectivity index (χ3v) is 5.38. The van der Waals surface area contributed by atoms with E-state index in [1.807, 2.05) is 11.0 Å². The fraction of sp³-hybridized carbons (Fsp3) is 0.364. The molecule has 4 rings (SSSR count). The maximum atomic E-state index is 13.1. The Morgan fingerprint density at radius 2 is 1.79 bits per heavy atom. The molecular formula is C22H23FN2O3. The van der Waals surface area contributed by atoms with Crippen molar-refractivity contribution in [2.45, 2.75) is 25.8 Å². The molecule has 1 saturated heterocycles. The van der Waals surface area contributed by atoms with Crippen molar-refractivity contribution in [3.8, 4) is 5.75 Å². The number of fused-ring (bicyclic) bond motifs is 1. The normalized spacial score (nSPS) is 16.2. The summed E-state index contributed by atoms with van der Waals surface area (Å²) in [5.41, 5.74) is 2.36. The Bertz CT molecular complexity index is 876. The second-order valence-corrected chi connectivity index (χ2v) is 7.26. The van der Waals surface area contributed by atoms with Gasteiger partial charge >= 0.3 is 0 Å². The highest BCUT2D eigenvalue weighted by Crippen LogP contribution is 2.29. The molecule has 0 aliphatic carbocycles. The van der Waals surface area contributed by atoms with E-state index in [0.29, 0.717) is 30.8 Å². The number of benzene rings is 2. The van der Waals surface area contributed by atoms with E-state index in [9.17, 15) is 14.0 Å². The zero-order valence-electron chi connectivity index (χ0n) is 15.7. The van der Waals surface area contributed by atoms with Gasteiger partial charge in [0, 0.05) is 37.3 Å². The first kappa shape index (κ1) is 18.5. The third kappa shape index (κ3) is 3.86. The summed E-state index contributed by atoms with van der Waals surface area (Å²) in [4.78, 5) is 28.7. The van der Waals surface area contributed by atoms with E-state index < -0.39 is 0 Å². The quantitative estimate of drug-likeness (QED) is 0.799. The highest BCUT2D eigenvalue weighted by Gasteiger charge is 2.27. The Morgan fingerprint density at radius 1 is 1.04 bits per heavy atom. The molecule has 0 N–H and O–H groups in total. The van der Waals surface area contributed by atoms with Crippen LogP contribution in [-0.4, -0.2) is 47.9 Å². The molecule has 6 heteroatoms. The van der Waals surface area contributed by atoms with Crippen LogP contribution < -0.4 is 4.74 Å². The maximum absolute atomic E-state index is 13.1. The smallest absolute Gasteiger partial charge is 0.260 e. The van der Waals surface area contributed by atoms with Crippen molar-refractivity contribution >= 4 is 11.8 Å². The molecule has 146 valence electrons. The topological polar surface area (TPSA) is 49.9 Å². The van der Waals surface area contributed by atoms with Crippen LogP contribution in [-0.2, 0) is 17.8 Å². The van der Waals surface area contributed by atoms with Crippen LogP contribution in [0.25, 0.3) is 0 Å². The van der Waals surface area contributed by atoms with Crippen molar-refractivity contribution in [2.24, 2.45) is 0 Å². The zero-order chi connectivity index (χ0) is 19.5. The lowest BCUT2D eigenvalue weighted by atomic mass is 9.97. The lowest BCUT2D eigenvalue weighted by Crippen LogP contribution is -2.37. The van der Waals surface area contributed by atoms with Crippen molar-refractivity contribution in [1.82, 2.24) is 9.80 Å². The Balaban J connectivity index is 1.45. The third-order valence-electron chi connectivity index (χ3n) is 5.38. The van der Waals surface area contributed by atoms with E-state index in [2.05, 4.69) is 0 Å². The van der Waals surface area contributed by atoms with Gasteiger partial charge in [0.1, 0.15) is 11.6 Å². The molecule has 0 spiro atoms. The van der Waals surface area contributed by atoms with E-state index >= 15 is 0 Å². The van der Waals surface area contributed by atoms with Gasteiger partial charge in [-0.3, -0.25) is 9.59 Å². The first-order valence-corrected chi connectivity index (χ1v) is 9.68. The second kappa shape index (κ2) is 8.00. The van der Waals surface area contributed by atoms with Gasteiger partial charge in [-0.15, -0.1) is 0 Å². The minimum Gasteiger partial charge on any atom is -0.483 e. The van der Waals surface area contributed by atoms with Crippen molar-refractivity contribution < 1.29 is 18.7 Å². The Labute approximate surface area is 163 Å². The summed E-state index contributed by atoms with van der Waals surface area (Å²) in [5.74, 6) is 0.251. The van der Waals surface area contributed by atoms with Gasteiger partial charge in [-0.1, -0.05) is 18.2 Å². The summed E-state index contributed by atoms with van der Waals surface area (Å²) in [5, 5.41) is 0. The van der Waals surface area contributed by atoms with Crippen LogP contribution in [0.1, 0.15) is 34.3 Å². The lowest BCUT2D eigenvalue weighted by Gasteiger charge is -2.29. The Kier molecular flexibility index (Phi) is 5.28. The van der Waals surface area contributed by atoms with Crippen LogP contribution >= 0.6 is 0 Å². The van der Waals surface area contributed by atoms with Crippen LogP contribution in [0.4, 0.5) is 4.39 Å². The van der Waals surface area contributed by atoms with Crippen LogP contribution in [0.5, 0.6) is 5.75 Å². The summed E-state index contributed by atoms with van der Waals surface area (Å²) in [6.07, 6.45) is 2.76. The average Bonchev–Trinajstić information content (AvgIpc) is 3.25. The number of hydrogen-bond acceptors (Lipinski definition) is 3. The van der Waals surface area contributed by atoms with Crippen LogP contribution in [0, 0.1) is 5.82 Å². The highest BCUT2D eigenvalue weighted by molar-refractivity contribution is 5.97. The van der Waals surface area contributed by atoms with Gasteiger partial charge in [-0.25, -0.2) is 4.39 Å². The highest BCUT2D eigenvalue weighted by atomic mass is 19.1. The molecule has 2 aliphatic rings.